The molecule has 0 fully saturated rings. The first-order valence-electron chi connectivity index (χ1n) is 2.73. The molecule has 1 nitrogen and oxygen atoms in total. The number of hydrogen-bond donors (Lipinski definition) is 1. The molecule has 0 heterocycles. The van der Waals surface area contributed by atoms with E-state index in [1.54, 1.807) is 0 Å². The second kappa shape index (κ2) is 1.12. The zero-order chi connectivity index (χ0) is 5.56. The molecule has 40 valence electrons. The normalized spacial score (nSPS) is 24.1. The van der Waals surface area contributed by atoms with Crippen molar-refractivity contribution in [1.29, 1.82) is 0 Å². The molecule has 0 aromatic carbocycles. The van der Waals surface area contributed by atoms with E-state index < -0.39 is 0 Å². The van der Waals surface area contributed by atoms with Gasteiger partial charge in [0.05, 0.1) is 6.04 Å². The fraction of sp³-hybridized carbons (Fsp3) is 0.143. The summed E-state index contributed by atoms with van der Waals surface area (Å²) in [6.07, 6.45) is 8.28. The number of fused-ring (bicyclic) bond motifs is 2. The molecular formula is C7H7N. The molecule has 0 aliphatic heterocycles. The fourth-order valence-corrected chi connectivity index (χ4v) is 1.10. The van der Waals surface area contributed by atoms with E-state index in [-0.39, 0.29) is 6.04 Å². The van der Waals surface area contributed by atoms with E-state index in [4.69, 9.17) is 5.73 Å². The number of allylic oxidation sites excluding steroid dienone is 2. The third-order valence-electron chi connectivity index (χ3n) is 1.65. The average Bonchev–Trinajstić information content (AvgIpc) is 2.29. The van der Waals surface area contributed by atoms with Gasteiger partial charge < -0.3 is 5.73 Å². The first kappa shape index (κ1) is 4.10. The minimum Gasteiger partial charge on any atom is -0.320 e. The fourth-order valence-electron chi connectivity index (χ4n) is 1.10. The van der Waals surface area contributed by atoms with Crippen LogP contribution in [0, 0.1) is 0 Å². The summed E-state index contributed by atoms with van der Waals surface area (Å²) in [5, 5.41) is 0. The Balaban J connectivity index is 2.57. The van der Waals surface area contributed by atoms with Crippen molar-refractivity contribution in [3.63, 3.8) is 0 Å². The van der Waals surface area contributed by atoms with Crippen molar-refractivity contribution in [2.75, 3.05) is 0 Å². The van der Waals surface area contributed by atoms with E-state index in [1.807, 2.05) is 0 Å². The maximum Gasteiger partial charge on any atom is 0.0551 e. The Morgan fingerprint density at radius 2 is 1.62 bits per heavy atom. The lowest BCUT2D eigenvalue weighted by Crippen LogP contribution is -2.16. The maximum atomic E-state index is 5.69. The second-order valence-corrected chi connectivity index (χ2v) is 2.14. The van der Waals surface area contributed by atoms with E-state index in [9.17, 15) is 0 Å². The van der Waals surface area contributed by atoms with Crippen molar-refractivity contribution >= 4 is 0 Å². The molecule has 2 rings (SSSR count). The molecule has 2 aliphatic rings. The van der Waals surface area contributed by atoms with Crippen LogP contribution in [0.15, 0.2) is 35.5 Å². The average molecular weight is 105 g/mol. The van der Waals surface area contributed by atoms with Gasteiger partial charge in [-0.1, -0.05) is 24.3 Å². The lowest BCUT2D eigenvalue weighted by atomic mass is 10.2. The minimum absolute atomic E-state index is 0.204. The Morgan fingerprint density at radius 1 is 1.12 bits per heavy atom. The largest absolute Gasteiger partial charge is 0.320 e. The molecule has 1 heteroatoms. The molecular weight excluding hydrogens is 98.1 g/mol. The molecule has 0 saturated heterocycles. The zero-order valence-corrected chi connectivity index (χ0v) is 4.46. The third-order valence-corrected chi connectivity index (χ3v) is 1.65. The summed E-state index contributed by atoms with van der Waals surface area (Å²) in [7, 11) is 0. The topological polar surface area (TPSA) is 26.0 Å². The Kier molecular flexibility index (Phi) is 0.573. The van der Waals surface area contributed by atoms with E-state index in [0.717, 1.165) is 0 Å². The van der Waals surface area contributed by atoms with Crippen molar-refractivity contribution in [3.8, 4) is 0 Å². The van der Waals surface area contributed by atoms with Gasteiger partial charge in [0.1, 0.15) is 0 Å². The van der Waals surface area contributed by atoms with Crippen LogP contribution >= 0.6 is 0 Å². The molecule has 2 N–H and O–H groups in total. The van der Waals surface area contributed by atoms with Crippen LogP contribution in [0.3, 0.4) is 0 Å². The van der Waals surface area contributed by atoms with Crippen LogP contribution in [-0.2, 0) is 0 Å². The highest BCUT2D eigenvalue weighted by molar-refractivity contribution is 5.55. The van der Waals surface area contributed by atoms with Gasteiger partial charge in [0, 0.05) is 0 Å². The van der Waals surface area contributed by atoms with E-state index in [0.29, 0.717) is 0 Å². The predicted octanol–water partition coefficient (Wildman–Crippen LogP) is 0.750. The first-order valence-corrected chi connectivity index (χ1v) is 2.73. The summed E-state index contributed by atoms with van der Waals surface area (Å²) < 4.78 is 0. The summed E-state index contributed by atoms with van der Waals surface area (Å²) in [4.78, 5) is 0. The summed E-state index contributed by atoms with van der Waals surface area (Å²) in [5.41, 5.74) is 8.19. The summed E-state index contributed by atoms with van der Waals surface area (Å²) in [5.74, 6) is 0. The van der Waals surface area contributed by atoms with Crippen LogP contribution in [0.25, 0.3) is 0 Å². The molecule has 0 radical (unpaired) electrons. The van der Waals surface area contributed by atoms with E-state index in [1.165, 1.54) is 11.1 Å². The van der Waals surface area contributed by atoms with Gasteiger partial charge in [-0.3, -0.25) is 0 Å². The molecule has 2 bridgehead atoms. The number of nitrogens with two attached hydrogens (primary N) is 1. The van der Waals surface area contributed by atoms with Crippen LogP contribution < -0.4 is 5.73 Å². The van der Waals surface area contributed by atoms with Crippen LogP contribution in [0.4, 0.5) is 0 Å². The van der Waals surface area contributed by atoms with Gasteiger partial charge in [-0.15, -0.1) is 0 Å². The molecule has 0 atom stereocenters. The quantitative estimate of drug-likeness (QED) is 0.483. The first-order chi connectivity index (χ1) is 3.88. The smallest absolute Gasteiger partial charge is 0.0551 e. The lowest BCUT2D eigenvalue weighted by Gasteiger charge is -1.98. The lowest BCUT2D eigenvalue weighted by molar-refractivity contribution is 0.986. The molecule has 0 unspecified atom stereocenters. The van der Waals surface area contributed by atoms with Crippen LogP contribution in [0.5, 0.6) is 0 Å². The molecule has 0 amide bonds. The second-order valence-electron chi connectivity index (χ2n) is 2.14. The zero-order valence-electron chi connectivity index (χ0n) is 4.46. The van der Waals surface area contributed by atoms with Crippen LogP contribution in [0.1, 0.15) is 0 Å². The van der Waals surface area contributed by atoms with Gasteiger partial charge in [0.25, 0.3) is 0 Å². The van der Waals surface area contributed by atoms with Crippen LogP contribution in [0.2, 0.25) is 0 Å². The van der Waals surface area contributed by atoms with Crippen molar-refractivity contribution in [2.24, 2.45) is 5.73 Å². The van der Waals surface area contributed by atoms with Crippen LogP contribution in [-0.4, -0.2) is 6.04 Å². The predicted molar refractivity (Wildman–Crippen MR) is 33.3 cm³/mol. The van der Waals surface area contributed by atoms with Crippen molar-refractivity contribution < 1.29 is 0 Å². The highest BCUT2D eigenvalue weighted by atomic mass is 14.7. The minimum atomic E-state index is 0.204. The molecule has 2 aliphatic carbocycles. The highest BCUT2D eigenvalue weighted by Crippen LogP contribution is 2.26. The SMILES string of the molecule is NC1C2=CC=C1C=C2. The number of hydrogen-bond acceptors (Lipinski definition) is 1. The van der Waals surface area contributed by atoms with Gasteiger partial charge in [0.15, 0.2) is 0 Å². The van der Waals surface area contributed by atoms with Gasteiger partial charge >= 0.3 is 0 Å². The molecule has 0 aromatic heterocycles. The van der Waals surface area contributed by atoms with Crippen molar-refractivity contribution in [2.45, 2.75) is 6.04 Å². The van der Waals surface area contributed by atoms with Crippen molar-refractivity contribution in [3.05, 3.63) is 35.5 Å². The molecule has 0 spiro atoms. The standard InChI is InChI=1S/C7H7N/c8-7-5-1-2-6(7)4-3-5/h1-4,7H,8H2. The molecule has 0 saturated carbocycles. The van der Waals surface area contributed by atoms with E-state index in [2.05, 4.69) is 24.3 Å². The highest BCUT2D eigenvalue weighted by Gasteiger charge is 2.19. The Morgan fingerprint density at radius 3 is 1.75 bits per heavy atom. The van der Waals surface area contributed by atoms with E-state index >= 15 is 0 Å². The molecule has 0 aromatic rings. The number of rotatable bonds is 0. The van der Waals surface area contributed by atoms with Gasteiger partial charge in [-0.05, 0) is 11.1 Å². The maximum absolute atomic E-state index is 5.69. The monoisotopic (exact) mass is 105 g/mol. The van der Waals surface area contributed by atoms with Gasteiger partial charge in [-0.2, -0.15) is 0 Å². The summed E-state index contributed by atoms with van der Waals surface area (Å²) >= 11 is 0. The summed E-state index contributed by atoms with van der Waals surface area (Å²) in [6, 6.07) is 0.204. The molecule has 8 heavy (non-hydrogen) atoms. The van der Waals surface area contributed by atoms with Crippen molar-refractivity contribution in [1.82, 2.24) is 0 Å². The summed E-state index contributed by atoms with van der Waals surface area (Å²) in [6.45, 7) is 0. The van der Waals surface area contributed by atoms with Gasteiger partial charge in [0.2, 0.25) is 0 Å². The Bertz CT molecular complexity index is 186. The van der Waals surface area contributed by atoms with Gasteiger partial charge in [-0.25, -0.2) is 0 Å². The third kappa shape index (κ3) is 0.307. The Hall–Kier alpha value is -0.820. The Labute approximate surface area is 48.2 Å².